The Morgan fingerprint density at radius 1 is 1.00 bits per heavy atom. The van der Waals surface area contributed by atoms with E-state index >= 15 is 0 Å². The predicted molar refractivity (Wildman–Crippen MR) is 69.9 cm³/mol. The molecule has 0 unspecified atom stereocenters. The van der Waals surface area contributed by atoms with E-state index in [1.807, 2.05) is 6.07 Å². The van der Waals surface area contributed by atoms with Crippen LogP contribution in [0, 0.1) is 0 Å². The number of hydrogen-bond donors (Lipinski definition) is 1. The molecule has 0 bridgehead atoms. The van der Waals surface area contributed by atoms with E-state index in [9.17, 15) is 9.90 Å². The van der Waals surface area contributed by atoms with Crippen LogP contribution in [0.1, 0.15) is 22.0 Å². The smallest absolute Gasteiger partial charge is 0.195 e. The molecule has 0 aliphatic rings. The molecule has 0 saturated heterocycles. The summed E-state index contributed by atoms with van der Waals surface area (Å²) in [4.78, 5) is 12.0. The Morgan fingerprint density at radius 3 is 2.18 bits per heavy atom. The number of rotatable bonds is 3. The number of hydrogen-bond acceptors (Lipinski definition) is 2. The van der Waals surface area contributed by atoms with E-state index in [1.165, 1.54) is 0 Å². The highest BCUT2D eigenvalue weighted by atomic mass is 79.9. The van der Waals surface area contributed by atoms with Crippen molar-refractivity contribution in [2.45, 2.75) is 6.10 Å². The van der Waals surface area contributed by atoms with Gasteiger partial charge in [0.2, 0.25) is 0 Å². The van der Waals surface area contributed by atoms with Crippen LogP contribution in [0.3, 0.4) is 0 Å². The van der Waals surface area contributed by atoms with Gasteiger partial charge in [-0.25, -0.2) is 0 Å². The number of aliphatic hydroxyl groups excluding tert-OH is 1. The first kappa shape index (κ1) is 12.0. The summed E-state index contributed by atoms with van der Waals surface area (Å²) in [5.74, 6) is -0.284. The first-order chi connectivity index (χ1) is 8.18. The SMILES string of the molecule is O=C(c1ccccc1)[C@H](O)c1ccc(Br)cc1. The van der Waals surface area contributed by atoms with Gasteiger partial charge in [-0.15, -0.1) is 0 Å². The average molecular weight is 291 g/mol. The maximum Gasteiger partial charge on any atom is 0.195 e. The van der Waals surface area contributed by atoms with Gasteiger partial charge in [-0.2, -0.15) is 0 Å². The monoisotopic (exact) mass is 290 g/mol. The molecule has 2 nitrogen and oxygen atoms in total. The van der Waals surface area contributed by atoms with Crippen molar-refractivity contribution in [1.29, 1.82) is 0 Å². The zero-order chi connectivity index (χ0) is 12.3. The van der Waals surface area contributed by atoms with Gasteiger partial charge in [-0.3, -0.25) is 4.79 Å². The third-order valence-electron chi connectivity index (χ3n) is 2.49. The van der Waals surface area contributed by atoms with Crippen molar-refractivity contribution in [2.24, 2.45) is 0 Å². The van der Waals surface area contributed by atoms with E-state index in [4.69, 9.17) is 0 Å². The molecule has 0 radical (unpaired) electrons. The number of halogens is 1. The molecule has 1 N–H and O–H groups in total. The van der Waals surface area contributed by atoms with Crippen molar-refractivity contribution in [1.82, 2.24) is 0 Å². The van der Waals surface area contributed by atoms with Crippen molar-refractivity contribution < 1.29 is 9.90 Å². The van der Waals surface area contributed by atoms with Crippen LogP contribution in [0.2, 0.25) is 0 Å². The Balaban J connectivity index is 2.23. The number of Topliss-reactive ketones (excluding diaryl/α,β-unsaturated/α-hetero) is 1. The van der Waals surface area contributed by atoms with Gasteiger partial charge in [-0.1, -0.05) is 58.4 Å². The van der Waals surface area contributed by atoms with Crippen LogP contribution >= 0.6 is 15.9 Å². The Labute approximate surface area is 108 Å². The lowest BCUT2D eigenvalue weighted by molar-refractivity contribution is 0.0747. The quantitative estimate of drug-likeness (QED) is 0.880. The summed E-state index contributed by atoms with van der Waals surface area (Å²) in [6.45, 7) is 0. The normalized spacial score (nSPS) is 12.1. The van der Waals surface area contributed by atoms with Gasteiger partial charge in [0.15, 0.2) is 5.78 Å². The number of carbonyl (C=O) groups is 1. The first-order valence-corrected chi connectivity index (χ1v) is 6.00. The Kier molecular flexibility index (Phi) is 3.71. The lowest BCUT2D eigenvalue weighted by Gasteiger charge is -2.09. The zero-order valence-electron chi connectivity index (χ0n) is 9.01. The predicted octanol–water partition coefficient (Wildman–Crippen LogP) is 3.37. The lowest BCUT2D eigenvalue weighted by atomic mass is 10.0. The van der Waals surface area contributed by atoms with Gasteiger partial charge >= 0.3 is 0 Å². The van der Waals surface area contributed by atoms with Crippen LogP contribution in [0.15, 0.2) is 59.1 Å². The topological polar surface area (TPSA) is 37.3 Å². The van der Waals surface area contributed by atoms with E-state index in [-0.39, 0.29) is 5.78 Å². The molecule has 0 fully saturated rings. The Hall–Kier alpha value is -1.45. The molecule has 0 aliphatic heterocycles. The molecule has 1 atom stereocenters. The fourth-order valence-corrected chi connectivity index (χ4v) is 1.82. The lowest BCUT2D eigenvalue weighted by Crippen LogP contribution is -2.11. The molecule has 0 amide bonds. The Bertz CT molecular complexity index is 506. The summed E-state index contributed by atoms with van der Waals surface area (Å²) in [7, 11) is 0. The highest BCUT2D eigenvalue weighted by Crippen LogP contribution is 2.20. The molecule has 2 aromatic carbocycles. The molecule has 0 aliphatic carbocycles. The van der Waals surface area contributed by atoms with E-state index in [2.05, 4.69) is 15.9 Å². The van der Waals surface area contributed by atoms with E-state index in [1.54, 1.807) is 48.5 Å². The fraction of sp³-hybridized carbons (Fsp3) is 0.0714. The van der Waals surface area contributed by atoms with Crippen molar-refractivity contribution >= 4 is 21.7 Å². The van der Waals surface area contributed by atoms with E-state index in [0.717, 1.165) is 4.47 Å². The number of aliphatic hydroxyl groups is 1. The fourth-order valence-electron chi connectivity index (χ4n) is 1.56. The number of ketones is 1. The number of carbonyl (C=O) groups excluding carboxylic acids is 1. The van der Waals surface area contributed by atoms with E-state index < -0.39 is 6.10 Å². The minimum atomic E-state index is -1.11. The van der Waals surface area contributed by atoms with Crippen LogP contribution in [0.25, 0.3) is 0 Å². The van der Waals surface area contributed by atoms with Crippen LogP contribution in [-0.4, -0.2) is 10.9 Å². The molecule has 3 heteroatoms. The van der Waals surface area contributed by atoms with Gasteiger partial charge in [0, 0.05) is 10.0 Å². The summed E-state index contributed by atoms with van der Waals surface area (Å²) in [5.41, 5.74) is 1.12. The van der Waals surface area contributed by atoms with Crippen molar-refractivity contribution in [2.75, 3.05) is 0 Å². The summed E-state index contributed by atoms with van der Waals surface area (Å²) in [6, 6.07) is 15.9. The third-order valence-corrected chi connectivity index (χ3v) is 3.02. The maximum atomic E-state index is 12.0. The van der Waals surface area contributed by atoms with Crippen LogP contribution in [-0.2, 0) is 0 Å². The molecule has 0 spiro atoms. The second-order valence-corrected chi connectivity index (χ2v) is 4.60. The highest BCUT2D eigenvalue weighted by molar-refractivity contribution is 9.10. The largest absolute Gasteiger partial charge is 0.380 e. The second-order valence-electron chi connectivity index (χ2n) is 3.68. The molecule has 2 aromatic rings. The van der Waals surface area contributed by atoms with Gasteiger partial charge in [0.1, 0.15) is 6.10 Å². The molecule has 86 valence electrons. The minimum Gasteiger partial charge on any atom is -0.380 e. The van der Waals surface area contributed by atoms with Crippen molar-refractivity contribution in [3.05, 3.63) is 70.2 Å². The van der Waals surface area contributed by atoms with Crippen LogP contribution < -0.4 is 0 Å². The summed E-state index contributed by atoms with van der Waals surface area (Å²) in [5, 5.41) is 9.97. The second kappa shape index (κ2) is 5.25. The molecule has 0 saturated carbocycles. The highest BCUT2D eigenvalue weighted by Gasteiger charge is 2.18. The van der Waals surface area contributed by atoms with Crippen molar-refractivity contribution in [3.63, 3.8) is 0 Å². The van der Waals surface area contributed by atoms with E-state index in [0.29, 0.717) is 11.1 Å². The third kappa shape index (κ3) is 2.81. The average Bonchev–Trinajstić information content (AvgIpc) is 2.39. The molecule has 0 aromatic heterocycles. The van der Waals surface area contributed by atoms with Crippen molar-refractivity contribution in [3.8, 4) is 0 Å². The molecule has 2 rings (SSSR count). The summed E-state index contributed by atoms with van der Waals surface area (Å²) < 4.78 is 0.917. The van der Waals surface area contributed by atoms with Gasteiger partial charge < -0.3 is 5.11 Å². The minimum absolute atomic E-state index is 0.284. The zero-order valence-corrected chi connectivity index (χ0v) is 10.6. The maximum absolute atomic E-state index is 12.0. The Morgan fingerprint density at radius 2 is 1.59 bits per heavy atom. The molecular weight excluding hydrogens is 280 g/mol. The number of benzene rings is 2. The molecule has 0 heterocycles. The van der Waals surface area contributed by atoms with Gasteiger partial charge in [-0.05, 0) is 17.7 Å². The van der Waals surface area contributed by atoms with Gasteiger partial charge in [0.25, 0.3) is 0 Å². The molecule has 17 heavy (non-hydrogen) atoms. The van der Waals surface area contributed by atoms with Crippen LogP contribution in [0.5, 0.6) is 0 Å². The van der Waals surface area contributed by atoms with Crippen LogP contribution in [0.4, 0.5) is 0 Å². The summed E-state index contributed by atoms with van der Waals surface area (Å²) in [6.07, 6.45) is -1.11. The summed E-state index contributed by atoms with van der Waals surface area (Å²) >= 11 is 3.31. The first-order valence-electron chi connectivity index (χ1n) is 5.21. The molecular formula is C14H11BrO2. The van der Waals surface area contributed by atoms with Gasteiger partial charge in [0.05, 0.1) is 0 Å². The standard InChI is InChI=1S/C14H11BrO2/c15-12-8-6-11(7-9-12)14(17)13(16)10-4-2-1-3-5-10/h1-9,14,17H/t14-/m1/s1.